The van der Waals surface area contributed by atoms with E-state index in [0.29, 0.717) is 18.0 Å². The maximum atomic E-state index is 6.28. The molecule has 2 saturated carbocycles. The number of rotatable bonds is 9. The smallest absolute Gasteiger partial charge is 0.0467 e. The van der Waals surface area contributed by atoms with Gasteiger partial charge in [0.1, 0.15) is 0 Å². The first-order valence-electron chi connectivity index (χ1n) is 12.3. The standard InChI is InChI=1S/C29H39ClN2/c1-5-19-32(21-24-11-12-24)29(26-13-15-27(30)16-14-26)18-17-28(22(2)20-29)31(4)23(3)25-9-7-6-8-10-25/h5-10,13-16,22-24,28H,1,11-12,17-21H2,2-4H3. The molecular formula is C29H39ClN2. The fourth-order valence-corrected chi connectivity index (χ4v) is 6.11. The Morgan fingerprint density at radius 1 is 1.09 bits per heavy atom. The third kappa shape index (κ3) is 4.98. The zero-order valence-electron chi connectivity index (χ0n) is 20.0. The summed E-state index contributed by atoms with van der Waals surface area (Å²) in [6, 6.07) is 20.6. The van der Waals surface area contributed by atoms with Crippen molar-refractivity contribution in [1.82, 2.24) is 9.80 Å². The molecule has 0 aliphatic heterocycles. The fourth-order valence-electron chi connectivity index (χ4n) is 5.98. The van der Waals surface area contributed by atoms with Crippen molar-refractivity contribution < 1.29 is 0 Å². The molecule has 2 nitrogen and oxygen atoms in total. The lowest BCUT2D eigenvalue weighted by molar-refractivity contribution is -0.0106. The van der Waals surface area contributed by atoms with Crippen LogP contribution in [0.25, 0.3) is 0 Å². The van der Waals surface area contributed by atoms with Crippen molar-refractivity contribution in [2.45, 2.75) is 63.6 Å². The molecule has 0 aromatic heterocycles. The fraction of sp³-hybridized carbons (Fsp3) is 0.517. The van der Waals surface area contributed by atoms with Crippen LogP contribution in [-0.4, -0.2) is 36.0 Å². The zero-order chi connectivity index (χ0) is 22.7. The molecule has 2 aliphatic carbocycles. The second kappa shape index (κ2) is 10.1. The highest BCUT2D eigenvalue weighted by atomic mass is 35.5. The maximum Gasteiger partial charge on any atom is 0.0467 e. The molecule has 32 heavy (non-hydrogen) atoms. The van der Waals surface area contributed by atoms with Crippen LogP contribution in [0.5, 0.6) is 0 Å². The van der Waals surface area contributed by atoms with Crippen LogP contribution in [0.4, 0.5) is 0 Å². The number of hydrogen-bond acceptors (Lipinski definition) is 2. The lowest BCUT2D eigenvalue weighted by Crippen LogP contribution is -2.54. The topological polar surface area (TPSA) is 6.48 Å². The molecule has 0 saturated heterocycles. The molecule has 2 fully saturated rings. The second-order valence-corrected chi connectivity index (χ2v) is 10.7. The molecule has 2 aromatic carbocycles. The molecule has 4 unspecified atom stereocenters. The summed E-state index contributed by atoms with van der Waals surface area (Å²) in [6.45, 7) is 11.1. The van der Waals surface area contributed by atoms with Crippen molar-refractivity contribution in [2.75, 3.05) is 20.1 Å². The second-order valence-electron chi connectivity index (χ2n) is 10.2. The van der Waals surface area contributed by atoms with Gasteiger partial charge in [0.05, 0.1) is 0 Å². The van der Waals surface area contributed by atoms with Crippen molar-refractivity contribution in [2.24, 2.45) is 11.8 Å². The van der Waals surface area contributed by atoms with E-state index in [9.17, 15) is 0 Å². The summed E-state index contributed by atoms with van der Waals surface area (Å²) in [5, 5.41) is 0.819. The Kier molecular flexibility index (Phi) is 7.44. The predicted octanol–water partition coefficient (Wildman–Crippen LogP) is 7.31. The molecule has 3 heteroatoms. The van der Waals surface area contributed by atoms with E-state index < -0.39 is 0 Å². The summed E-state index contributed by atoms with van der Waals surface area (Å²) in [4.78, 5) is 5.36. The van der Waals surface area contributed by atoms with Gasteiger partial charge in [0.2, 0.25) is 0 Å². The van der Waals surface area contributed by atoms with Crippen LogP contribution in [0.15, 0.2) is 67.3 Å². The largest absolute Gasteiger partial charge is 0.296 e. The van der Waals surface area contributed by atoms with Crippen molar-refractivity contribution in [3.63, 3.8) is 0 Å². The average molecular weight is 451 g/mol. The predicted molar refractivity (Wildman–Crippen MR) is 137 cm³/mol. The van der Waals surface area contributed by atoms with E-state index in [1.54, 1.807) is 0 Å². The van der Waals surface area contributed by atoms with E-state index in [0.717, 1.165) is 17.5 Å². The number of benzene rings is 2. The highest BCUT2D eigenvalue weighted by molar-refractivity contribution is 6.30. The Labute approximate surface area is 200 Å². The minimum Gasteiger partial charge on any atom is -0.296 e. The van der Waals surface area contributed by atoms with Gasteiger partial charge in [-0.2, -0.15) is 0 Å². The zero-order valence-corrected chi connectivity index (χ0v) is 20.8. The maximum absolute atomic E-state index is 6.28. The summed E-state index contributed by atoms with van der Waals surface area (Å²) >= 11 is 6.28. The van der Waals surface area contributed by atoms with E-state index in [1.807, 2.05) is 0 Å². The van der Waals surface area contributed by atoms with Gasteiger partial charge in [-0.3, -0.25) is 9.80 Å². The lowest BCUT2D eigenvalue weighted by Gasteiger charge is -2.53. The SMILES string of the molecule is C=CCN(CC1CC1)C1(c2ccc(Cl)cc2)CCC(N(C)C(C)c2ccccc2)C(C)C1. The Morgan fingerprint density at radius 2 is 1.78 bits per heavy atom. The number of nitrogens with zero attached hydrogens (tertiary/aromatic N) is 2. The van der Waals surface area contributed by atoms with Crippen LogP contribution in [0.2, 0.25) is 5.02 Å². The first kappa shape index (κ1) is 23.5. The Balaban J connectivity index is 1.60. The highest BCUT2D eigenvalue weighted by Gasteiger charge is 2.46. The number of halogens is 1. The van der Waals surface area contributed by atoms with E-state index in [1.165, 1.54) is 49.8 Å². The van der Waals surface area contributed by atoms with Crippen LogP contribution >= 0.6 is 11.6 Å². The summed E-state index contributed by atoms with van der Waals surface area (Å²) in [6.07, 6.45) is 8.40. The molecule has 0 radical (unpaired) electrons. The Hall–Kier alpha value is -1.61. The number of hydrogen-bond donors (Lipinski definition) is 0. The summed E-state index contributed by atoms with van der Waals surface area (Å²) in [5.74, 6) is 1.45. The van der Waals surface area contributed by atoms with Crippen molar-refractivity contribution in [3.05, 3.63) is 83.4 Å². The Morgan fingerprint density at radius 3 is 2.38 bits per heavy atom. The summed E-state index contributed by atoms with van der Waals surface area (Å²) in [7, 11) is 2.32. The molecule has 0 bridgehead atoms. The highest BCUT2D eigenvalue weighted by Crippen LogP contribution is 2.48. The molecule has 0 spiro atoms. The molecule has 172 valence electrons. The minimum atomic E-state index is 0.0636. The normalized spacial score (nSPS) is 26.9. The Bertz CT molecular complexity index is 876. The molecule has 4 rings (SSSR count). The van der Waals surface area contributed by atoms with Gasteiger partial charge in [0.25, 0.3) is 0 Å². The van der Waals surface area contributed by atoms with Crippen LogP contribution in [0, 0.1) is 11.8 Å². The van der Waals surface area contributed by atoms with Gasteiger partial charge in [0.15, 0.2) is 0 Å². The van der Waals surface area contributed by atoms with Gasteiger partial charge in [0, 0.05) is 35.7 Å². The molecular weight excluding hydrogens is 412 g/mol. The van der Waals surface area contributed by atoms with Gasteiger partial charge in [-0.1, -0.05) is 67.1 Å². The van der Waals surface area contributed by atoms with Crippen LogP contribution in [0.3, 0.4) is 0 Å². The average Bonchev–Trinajstić information content (AvgIpc) is 3.63. The minimum absolute atomic E-state index is 0.0636. The molecule has 0 heterocycles. The van der Waals surface area contributed by atoms with E-state index in [-0.39, 0.29) is 5.54 Å². The molecule has 2 aromatic rings. The molecule has 0 amide bonds. The monoisotopic (exact) mass is 450 g/mol. The van der Waals surface area contributed by atoms with Gasteiger partial charge >= 0.3 is 0 Å². The van der Waals surface area contributed by atoms with Crippen molar-refractivity contribution in [1.29, 1.82) is 0 Å². The van der Waals surface area contributed by atoms with Crippen LogP contribution in [-0.2, 0) is 5.54 Å². The van der Waals surface area contributed by atoms with Crippen molar-refractivity contribution in [3.8, 4) is 0 Å². The van der Waals surface area contributed by atoms with Gasteiger partial charge in [-0.15, -0.1) is 6.58 Å². The summed E-state index contributed by atoms with van der Waals surface area (Å²) < 4.78 is 0. The van der Waals surface area contributed by atoms with E-state index in [2.05, 4.69) is 97.9 Å². The third-order valence-corrected chi connectivity index (χ3v) is 8.35. The molecule has 2 aliphatic rings. The van der Waals surface area contributed by atoms with E-state index in [4.69, 9.17) is 11.6 Å². The lowest BCUT2D eigenvalue weighted by atomic mass is 9.68. The third-order valence-electron chi connectivity index (χ3n) is 8.10. The first-order chi connectivity index (χ1) is 15.4. The molecule has 0 N–H and O–H groups in total. The van der Waals surface area contributed by atoms with Gasteiger partial charge < -0.3 is 0 Å². The van der Waals surface area contributed by atoms with Crippen molar-refractivity contribution >= 4 is 11.6 Å². The molecule has 4 atom stereocenters. The quantitative estimate of drug-likeness (QED) is 0.369. The van der Waals surface area contributed by atoms with Gasteiger partial charge in [-0.05, 0) is 81.2 Å². The van der Waals surface area contributed by atoms with Gasteiger partial charge in [-0.25, -0.2) is 0 Å². The van der Waals surface area contributed by atoms with Crippen LogP contribution in [0.1, 0.15) is 63.1 Å². The van der Waals surface area contributed by atoms with E-state index >= 15 is 0 Å². The summed E-state index contributed by atoms with van der Waals surface area (Å²) in [5.41, 5.74) is 2.89. The van der Waals surface area contributed by atoms with Crippen LogP contribution < -0.4 is 0 Å². The first-order valence-corrected chi connectivity index (χ1v) is 12.7.